The van der Waals surface area contributed by atoms with E-state index in [1.807, 2.05) is 20.8 Å². The molecule has 0 fully saturated rings. The van der Waals surface area contributed by atoms with Crippen LogP contribution >= 0.6 is 0 Å². The largest absolute Gasteiger partial charge is 0.480 e. The van der Waals surface area contributed by atoms with Crippen molar-refractivity contribution in [2.24, 2.45) is 5.41 Å². The van der Waals surface area contributed by atoms with Crippen molar-refractivity contribution in [2.75, 3.05) is 5.75 Å². The summed E-state index contributed by atoms with van der Waals surface area (Å²) in [6, 6.07) is -1.07. The van der Waals surface area contributed by atoms with Gasteiger partial charge in [-0.05, 0) is 18.8 Å². The predicted octanol–water partition coefficient (Wildman–Crippen LogP) is 0.815. The average molecular weight is 237 g/mol. The van der Waals surface area contributed by atoms with Crippen molar-refractivity contribution in [1.82, 2.24) is 4.72 Å². The van der Waals surface area contributed by atoms with E-state index in [2.05, 4.69) is 4.72 Å². The summed E-state index contributed by atoms with van der Waals surface area (Å²) in [4.78, 5) is 10.5. The highest BCUT2D eigenvalue weighted by atomic mass is 32.2. The smallest absolute Gasteiger partial charge is 0.321 e. The molecular weight excluding hydrogens is 218 g/mol. The van der Waals surface area contributed by atoms with Crippen molar-refractivity contribution in [3.8, 4) is 0 Å². The molecule has 0 saturated heterocycles. The molecule has 0 bridgehead atoms. The first-order valence-corrected chi connectivity index (χ1v) is 6.41. The molecule has 90 valence electrons. The van der Waals surface area contributed by atoms with Crippen molar-refractivity contribution in [1.29, 1.82) is 0 Å². The van der Waals surface area contributed by atoms with Gasteiger partial charge in [-0.25, -0.2) is 13.1 Å². The minimum atomic E-state index is -3.49. The molecule has 0 aromatic heterocycles. The number of sulfonamides is 1. The second kappa shape index (κ2) is 4.94. The average Bonchev–Trinajstić information content (AvgIpc) is 1.99. The molecule has 0 amide bonds. The van der Waals surface area contributed by atoms with Gasteiger partial charge in [0.1, 0.15) is 6.04 Å². The Kier molecular flexibility index (Phi) is 4.73. The van der Waals surface area contributed by atoms with Crippen LogP contribution in [0.15, 0.2) is 0 Å². The van der Waals surface area contributed by atoms with Gasteiger partial charge in [0, 0.05) is 0 Å². The summed E-state index contributed by atoms with van der Waals surface area (Å²) < 4.78 is 24.9. The van der Waals surface area contributed by atoms with Gasteiger partial charge in [-0.1, -0.05) is 20.8 Å². The molecule has 0 aliphatic heterocycles. The Morgan fingerprint density at radius 3 is 2.20 bits per heavy atom. The van der Waals surface area contributed by atoms with E-state index < -0.39 is 22.0 Å². The maximum Gasteiger partial charge on any atom is 0.321 e. The van der Waals surface area contributed by atoms with Crippen molar-refractivity contribution in [3.05, 3.63) is 0 Å². The zero-order valence-corrected chi connectivity index (χ0v) is 10.4. The van der Waals surface area contributed by atoms with Gasteiger partial charge in [0.2, 0.25) is 10.0 Å². The van der Waals surface area contributed by atoms with Gasteiger partial charge >= 0.3 is 5.97 Å². The van der Waals surface area contributed by atoms with Crippen LogP contribution in [0.1, 0.15) is 34.1 Å². The lowest BCUT2D eigenvalue weighted by molar-refractivity contribution is -0.138. The van der Waals surface area contributed by atoms with Crippen LogP contribution in [0.25, 0.3) is 0 Å². The summed E-state index contributed by atoms with van der Waals surface area (Å²) in [5, 5.41) is 8.55. The molecular formula is C9H19NO4S. The van der Waals surface area contributed by atoms with Gasteiger partial charge in [0.25, 0.3) is 0 Å². The van der Waals surface area contributed by atoms with Crippen molar-refractivity contribution in [3.63, 3.8) is 0 Å². The second-order valence-electron chi connectivity index (χ2n) is 4.81. The molecule has 0 rings (SSSR count). The molecule has 0 radical (unpaired) electrons. The molecule has 0 spiro atoms. The van der Waals surface area contributed by atoms with Crippen LogP contribution in [0.2, 0.25) is 0 Å². The minimum Gasteiger partial charge on any atom is -0.480 e. The summed E-state index contributed by atoms with van der Waals surface area (Å²) in [6.45, 7) is 7.10. The zero-order chi connectivity index (χ0) is 12.3. The number of carbonyl (C=O) groups is 1. The van der Waals surface area contributed by atoms with E-state index in [-0.39, 0.29) is 11.2 Å². The number of aliphatic carboxylic acids is 1. The summed E-state index contributed by atoms with van der Waals surface area (Å²) >= 11 is 0. The highest BCUT2D eigenvalue weighted by Crippen LogP contribution is 2.18. The topological polar surface area (TPSA) is 83.5 Å². The Bertz CT molecular complexity index is 315. The first kappa shape index (κ1) is 14.4. The number of carboxylic acids is 1. The first-order chi connectivity index (χ1) is 6.53. The molecule has 0 heterocycles. The normalized spacial score (nSPS) is 14.9. The number of hydrogen-bond acceptors (Lipinski definition) is 3. The number of hydrogen-bond donors (Lipinski definition) is 2. The van der Waals surface area contributed by atoms with Crippen LogP contribution in [0.4, 0.5) is 0 Å². The third-order valence-electron chi connectivity index (χ3n) is 1.85. The third kappa shape index (κ3) is 7.33. The minimum absolute atomic E-state index is 0.0475. The lowest BCUT2D eigenvalue weighted by Crippen LogP contribution is -2.40. The quantitative estimate of drug-likeness (QED) is 0.741. The Morgan fingerprint density at radius 2 is 1.87 bits per heavy atom. The highest BCUT2D eigenvalue weighted by molar-refractivity contribution is 7.89. The van der Waals surface area contributed by atoms with Crippen LogP contribution in [-0.4, -0.2) is 31.3 Å². The maximum absolute atomic E-state index is 11.4. The lowest BCUT2D eigenvalue weighted by atomic mass is 9.94. The van der Waals surface area contributed by atoms with E-state index in [4.69, 9.17) is 5.11 Å². The predicted molar refractivity (Wildman–Crippen MR) is 58.1 cm³/mol. The van der Waals surface area contributed by atoms with E-state index in [9.17, 15) is 13.2 Å². The van der Waals surface area contributed by atoms with Gasteiger partial charge < -0.3 is 5.11 Å². The Hall–Kier alpha value is -0.620. The van der Waals surface area contributed by atoms with Gasteiger partial charge in [0.05, 0.1) is 5.75 Å². The fraction of sp³-hybridized carbons (Fsp3) is 0.889. The summed E-state index contributed by atoms with van der Waals surface area (Å²) in [5.74, 6) is -1.22. The molecule has 15 heavy (non-hydrogen) atoms. The molecule has 6 heteroatoms. The van der Waals surface area contributed by atoms with Crippen LogP contribution in [0.5, 0.6) is 0 Å². The van der Waals surface area contributed by atoms with Crippen LogP contribution in [-0.2, 0) is 14.8 Å². The lowest BCUT2D eigenvalue weighted by Gasteiger charge is -2.18. The summed E-state index contributed by atoms with van der Waals surface area (Å²) in [6.07, 6.45) is 0.495. The molecule has 1 atom stereocenters. The zero-order valence-electron chi connectivity index (χ0n) is 9.57. The van der Waals surface area contributed by atoms with Gasteiger partial charge in [-0.2, -0.15) is 0 Å². The SMILES string of the molecule is C[C@@H](NS(=O)(=O)CCC(C)(C)C)C(=O)O. The number of carboxylic acid groups (broad SMARTS) is 1. The fourth-order valence-electron chi connectivity index (χ4n) is 0.819. The van der Waals surface area contributed by atoms with Crippen LogP contribution in [0.3, 0.4) is 0 Å². The van der Waals surface area contributed by atoms with E-state index in [1.54, 1.807) is 0 Å². The molecule has 0 aliphatic rings. The third-order valence-corrected chi connectivity index (χ3v) is 3.30. The Labute approximate surface area is 90.9 Å². The second-order valence-corrected chi connectivity index (χ2v) is 6.68. The van der Waals surface area contributed by atoms with E-state index >= 15 is 0 Å². The molecule has 0 unspecified atom stereocenters. The maximum atomic E-state index is 11.4. The Morgan fingerprint density at radius 1 is 1.40 bits per heavy atom. The number of nitrogens with one attached hydrogen (secondary N) is 1. The van der Waals surface area contributed by atoms with Crippen molar-refractivity contribution < 1.29 is 18.3 Å². The van der Waals surface area contributed by atoms with E-state index in [1.165, 1.54) is 6.92 Å². The monoisotopic (exact) mass is 237 g/mol. The molecule has 2 N–H and O–H groups in total. The molecule has 0 aromatic rings. The highest BCUT2D eigenvalue weighted by Gasteiger charge is 2.21. The van der Waals surface area contributed by atoms with E-state index in [0.29, 0.717) is 6.42 Å². The van der Waals surface area contributed by atoms with Gasteiger partial charge in [0.15, 0.2) is 0 Å². The van der Waals surface area contributed by atoms with Crippen LogP contribution in [0, 0.1) is 5.41 Å². The molecule has 0 aromatic carbocycles. The summed E-state index contributed by atoms with van der Waals surface area (Å²) in [7, 11) is -3.49. The molecule has 0 saturated carbocycles. The van der Waals surface area contributed by atoms with Crippen molar-refractivity contribution in [2.45, 2.75) is 40.2 Å². The van der Waals surface area contributed by atoms with Gasteiger partial charge in [-0.15, -0.1) is 0 Å². The van der Waals surface area contributed by atoms with Crippen LogP contribution < -0.4 is 4.72 Å². The van der Waals surface area contributed by atoms with Crippen molar-refractivity contribution >= 4 is 16.0 Å². The van der Waals surface area contributed by atoms with Gasteiger partial charge in [-0.3, -0.25) is 4.79 Å². The van der Waals surface area contributed by atoms with E-state index in [0.717, 1.165) is 0 Å². The molecule has 0 aliphatic carbocycles. The Balaban J connectivity index is 4.27. The first-order valence-electron chi connectivity index (χ1n) is 4.76. The standard InChI is InChI=1S/C9H19NO4S/c1-7(8(11)12)10-15(13,14)6-5-9(2,3)4/h7,10H,5-6H2,1-4H3,(H,11,12)/t7-/m1/s1. The molecule has 5 nitrogen and oxygen atoms in total. The fourth-order valence-corrected chi connectivity index (χ4v) is 2.46. The summed E-state index contributed by atoms with van der Waals surface area (Å²) in [5.41, 5.74) is -0.0821. The number of rotatable bonds is 5.